The maximum absolute atomic E-state index is 13.7. The number of sulfonamides is 1. The van der Waals surface area contributed by atoms with Crippen LogP contribution in [0, 0.1) is 23.2 Å². The Balaban J connectivity index is 1.69. The van der Waals surface area contributed by atoms with Crippen LogP contribution in [0.5, 0.6) is 11.6 Å². The Morgan fingerprint density at radius 1 is 1.39 bits per heavy atom. The van der Waals surface area contributed by atoms with Crippen molar-refractivity contribution in [2.24, 2.45) is 11.8 Å². The molecule has 1 saturated carbocycles. The minimum absolute atomic E-state index is 0.0108. The molecule has 1 aromatic carbocycles. The number of nitriles is 1. The molecule has 1 aliphatic heterocycles. The van der Waals surface area contributed by atoms with Gasteiger partial charge in [0, 0.05) is 5.69 Å². The van der Waals surface area contributed by atoms with E-state index in [1.54, 1.807) is 0 Å². The van der Waals surface area contributed by atoms with Gasteiger partial charge in [0.2, 0.25) is 5.91 Å². The van der Waals surface area contributed by atoms with E-state index < -0.39 is 77.0 Å². The minimum atomic E-state index is -4.70. The molecule has 38 heavy (non-hydrogen) atoms. The Morgan fingerprint density at radius 3 is 2.79 bits per heavy atom. The van der Waals surface area contributed by atoms with Gasteiger partial charge in [0.1, 0.15) is 24.6 Å². The maximum Gasteiger partial charge on any atom is 0.333 e. The van der Waals surface area contributed by atoms with Gasteiger partial charge in [-0.15, -0.1) is 5.10 Å². The summed E-state index contributed by atoms with van der Waals surface area (Å²) in [5.74, 6) is -1.95. The number of nitrogens with zero attached hydrogens (tertiary/aromatic N) is 4. The minimum Gasteiger partial charge on any atom is -0.530 e. The first-order valence-electron chi connectivity index (χ1n) is 11.1. The van der Waals surface area contributed by atoms with Gasteiger partial charge in [-0.05, 0) is 24.6 Å². The molecule has 0 bridgehead atoms. The Labute approximate surface area is 214 Å². The third-order valence-corrected chi connectivity index (χ3v) is 7.46. The molecule has 1 fully saturated rings. The fraction of sp³-hybridized carbons (Fsp3) is 0.429. The van der Waals surface area contributed by atoms with Crippen molar-refractivity contribution in [2.45, 2.75) is 24.0 Å². The van der Waals surface area contributed by atoms with Crippen molar-refractivity contribution in [3.05, 3.63) is 24.4 Å². The zero-order chi connectivity index (χ0) is 27.6. The second kappa shape index (κ2) is 10.7. The highest BCUT2D eigenvalue weighted by Crippen LogP contribution is 2.41. The van der Waals surface area contributed by atoms with Crippen LogP contribution in [0.1, 0.15) is 13.0 Å². The standard InChI is InChI=1S/C21H22F2N6O8S/c22-20(23)28-10-17(19(27-28)36-4-3-30)38(34,35)29-9-13(8-25-18(31)14-5-11(14)7-24)37-16-2-1-12(6-15(16)29)26-21(32)33/h1-2,6,10-11,13-14,20,26,30H,3-5,8-9H2,(H,25,31)(H,32,33)/p-1/t11-,13+,14-/m1/s1. The van der Waals surface area contributed by atoms with Crippen molar-refractivity contribution in [3.63, 3.8) is 0 Å². The van der Waals surface area contributed by atoms with Crippen molar-refractivity contribution >= 4 is 33.4 Å². The van der Waals surface area contributed by atoms with Gasteiger partial charge in [-0.25, -0.2) is 13.1 Å². The molecule has 1 aliphatic carbocycles. The molecule has 204 valence electrons. The summed E-state index contributed by atoms with van der Waals surface area (Å²) in [5.41, 5.74) is -0.195. The summed E-state index contributed by atoms with van der Waals surface area (Å²) in [6, 6.07) is 5.71. The van der Waals surface area contributed by atoms with E-state index in [-0.39, 0.29) is 28.4 Å². The first-order valence-corrected chi connectivity index (χ1v) is 12.6. The molecular formula is C21H21F2N6O8S-. The van der Waals surface area contributed by atoms with Gasteiger partial charge in [0.25, 0.3) is 15.9 Å². The summed E-state index contributed by atoms with van der Waals surface area (Å²) in [6.45, 7) is -4.75. The molecule has 1 aromatic heterocycles. The zero-order valence-electron chi connectivity index (χ0n) is 19.4. The molecule has 2 aliphatic rings. The van der Waals surface area contributed by atoms with Gasteiger partial charge in [0.15, 0.2) is 4.90 Å². The number of hydrogen-bond donors (Lipinski definition) is 3. The number of halogens is 2. The monoisotopic (exact) mass is 555 g/mol. The smallest absolute Gasteiger partial charge is 0.333 e. The summed E-state index contributed by atoms with van der Waals surface area (Å²) in [6.07, 6.45) is -1.63. The van der Waals surface area contributed by atoms with E-state index in [1.165, 1.54) is 12.1 Å². The van der Waals surface area contributed by atoms with E-state index in [1.807, 2.05) is 11.4 Å². The number of carboxylic acid groups (broad SMARTS) is 1. The fourth-order valence-corrected chi connectivity index (χ4v) is 5.37. The van der Waals surface area contributed by atoms with Crippen LogP contribution in [0.25, 0.3) is 0 Å². The van der Waals surface area contributed by atoms with Gasteiger partial charge in [-0.2, -0.15) is 14.0 Å². The summed E-state index contributed by atoms with van der Waals surface area (Å²) in [4.78, 5) is 22.5. The van der Waals surface area contributed by atoms with Crippen molar-refractivity contribution < 1.29 is 46.5 Å². The summed E-state index contributed by atoms with van der Waals surface area (Å²) in [5, 5.41) is 37.0. The zero-order valence-corrected chi connectivity index (χ0v) is 20.2. The van der Waals surface area contributed by atoms with Crippen molar-refractivity contribution in [1.82, 2.24) is 15.1 Å². The molecule has 2 heterocycles. The molecule has 0 radical (unpaired) electrons. The molecule has 4 rings (SSSR count). The number of amides is 2. The average molecular weight is 555 g/mol. The summed E-state index contributed by atoms with van der Waals surface area (Å²) >= 11 is 0. The van der Waals surface area contributed by atoms with E-state index in [9.17, 15) is 31.9 Å². The Hall–Kier alpha value is -4.17. The first kappa shape index (κ1) is 26.9. The molecule has 14 nitrogen and oxygen atoms in total. The van der Waals surface area contributed by atoms with Crippen LogP contribution >= 0.6 is 0 Å². The molecule has 0 spiro atoms. The van der Waals surface area contributed by atoms with Gasteiger partial charge < -0.3 is 35.1 Å². The van der Waals surface area contributed by atoms with Crippen LogP contribution in [0.3, 0.4) is 0 Å². The number of aliphatic hydroxyl groups is 1. The number of alkyl halides is 2. The predicted molar refractivity (Wildman–Crippen MR) is 121 cm³/mol. The van der Waals surface area contributed by atoms with Crippen LogP contribution in [-0.4, -0.2) is 67.7 Å². The number of benzene rings is 1. The lowest BCUT2D eigenvalue weighted by molar-refractivity contribution is -0.242. The number of nitrogens with one attached hydrogen (secondary N) is 2. The van der Waals surface area contributed by atoms with Gasteiger partial charge in [-0.1, -0.05) is 0 Å². The van der Waals surface area contributed by atoms with E-state index >= 15 is 0 Å². The molecular weight excluding hydrogens is 534 g/mol. The topological polar surface area (TPSA) is 199 Å². The summed E-state index contributed by atoms with van der Waals surface area (Å²) in [7, 11) is -4.70. The number of carbonyl (C=O) groups excluding carboxylic acids is 2. The third-order valence-electron chi connectivity index (χ3n) is 5.70. The molecule has 3 N–H and O–H groups in total. The average Bonchev–Trinajstić information content (AvgIpc) is 3.54. The Morgan fingerprint density at radius 2 is 2.16 bits per heavy atom. The number of hydrogen-bond acceptors (Lipinski definition) is 10. The van der Waals surface area contributed by atoms with Crippen LogP contribution in [0.2, 0.25) is 0 Å². The molecule has 0 unspecified atom stereocenters. The lowest BCUT2D eigenvalue weighted by Gasteiger charge is -2.35. The number of aliphatic hydroxyl groups excluding tert-OH is 1. The number of ether oxygens (including phenoxy) is 2. The molecule has 2 amide bonds. The molecule has 2 aromatic rings. The number of aromatic nitrogens is 2. The Kier molecular flexibility index (Phi) is 7.55. The third kappa shape index (κ3) is 5.55. The van der Waals surface area contributed by atoms with Crippen molar-refractivity contribution in [2.75, 3.05) is 35.9 Å². The van der Waals surface area contributed by atoms with Crippen LogP contribution < -0.4 is 29.5 Å². The van der Waals surface area contributed by atoms with Crippen molar-refractivity contribution in [1.29, 1.82) is 5.26 Å². The van der Waals surface area contributed by atoms with E-state index in [2.05, 4.69) is 10.4 Å². The van der Waals surface area contributed by atoms with Gasteiger partial charge in [-0.3, -0.25) is 9.10 Å². The van der Waals surface area contributed by atoms with Crippen LogP contribution in [0.15, 0.2) is 29.3 Å². The maximum atomic E-state index is 13.7. The number of rotatable bonds is 10. The highest BCUT2D eigenvalue weighted by molar-refractivity contribution is 7.93. The molecule has 17 heteroatoms. The number of anilines is 2. The fourth-order valence-electron chi connectivity index (χ4n) is 3.81. The van der Waals surface area contributed by atoms with E-state index in [4.69, 9.17) is 19.8 Å². The second-order valence-electron chi connectivity index (χ2n) is 8.32. The quantitative estimate of drug-likeness (QED) is 0.348. The highest BCUT2D eigenvalue weighted by atomic mass is 32.2. The van der Waals surface area contributed by atoms with E-state index in [0.29, 0.717) is 12.6 Å². The second-order valence-corrected chi connectivity index (χ2v) is 10.2. The number of fused-ring (bicyclic) bond motifs is 1. The molecule has 3 atom stereocenters. The van der Waals surface area contributed by atoms with Crippen LogP contribution in [0.4, 0.5) is 25.0 Å². The van der Waals surface area contributed by atoms with Crippen molar-refractivity contribution in [3.8, 4) is 17.7 Å². The largest absolute Gasteiger partial charge is 0.530 e. The summed E-state index contributed by atoms with van der Waals surface area (Å²) < 4.78 is 65.9. The lowest BCUT2D eigenvalue weighted by Crippen LogP contribution is -2.48. The van der Waals surface area contributed by atoms with Gasteiger partial charge >= 0.3 is 6.55 Å². The Bertz CT molecular complexity index is 1380. The molecule has 0 saturated heterocycles. The highest BCUT2D eigenvalue weighted by Gasteiger charge is 2.44. The van der Waals surface area contributed by atoms with E-state index in [0.717, 1.165) is 10.4 Å². The number of carbonyl (C=O) groups is 2. The normalized spacial score (nSPS) is 20.2. The first-order chi connectivity index (χ1) is 18.0. The SMILES string of the molecule is N#C[C@H]1C[C@H]1C(=O)NC[C@H]1CN(S(=O)(=O)c2cn(C(F)F)nc2OCCO)c2cc(NC(=O)[O-])ccc2O1. The van der Waals surface area contributed by atoms with Gasteiger partial charge in [0.05, 0.1) is 49.5 Å². The lowest BCUT2D eigenvalue weighted by atomic mass is 10.2. The van der Waals surface area contributed by atoms with Crippen LogP contribution in [-0.2, 0) is 14.8 Å². The predicted octanol–water partition coefficient (Wildman–Crippen LogP) is -0.363.